The highest BCUT2D eigenvalue weighted by atomic mass is 32.1. The van der Waals surface area contributed by atoms with E-state index in [9.17, 15) is 19.6 Å². The number of carbonyl (C=O) groups is 1. The SMILES string of the molecule is CCc1nc2c(F)cc(N3CCN(CC(=O)N4CC(O)C4)CC3)cn2c1N(CC)c1nc(-c2ccc(F)cc2)c(C#N)s1. The number of aryl methyl sites for hydroxylation is 1. The van der Waals surface area contributed by atoms with E-state index in [1.165, 1.54) is 29.5 Å². The van der Waals surface area contributed by atoms with E-state index in [-0.39, 0.29) is 17.4 Å². The van der Waals surface area contributed by atoms with Gasteiger partial charge in [0.05, 0.1) is 24.0 Å². The van der Waals surface area contributed by atoms with Crippen molar-refractivity contribution in [2.24, 2.45) is 0 Å². The number of likely N-dealkylation sites (tertiary alicyclic amines) is 1. The number of halogens is 2. The number of amides is 1. The highest BCUT2D eigenvalue weighted by Gasteiger charge is 2.31. The normalized spacial score (nSPS) is 16.0. The second-order valence-corrected chi connectivity index (χ2v) is 11.7. The molecule has 10 nitrogen and oxygen atoms in total. The van der Waals surface area contributed by atoms with Gasteiger partial charge in [0.15, 0.2) is 16.6 Å². The molecule has 0 unspecified atom stereocenters. The maximum absolute atomic E-state index is 15.6. The van der Waals surface area contributed by atoms with Gasteiger partial charge in [-0.25, -0.2) is 18.7 Å². The number of aliphatic hydroxyl groups is 1. The minimum atomic E-state index is -0.438. The first kappa shape index (κ1) is 29.0. The average molecular weight is 607 g/mol. The number of thiazole rings is 1. The lowest BCUT2D eigenvalue weighted by Crippen LogP contribution is -2.57. The second kappa shape index (κ2) is 11.9. The van der Waals surface area contributed by atoms with Crippen LogP contribution in [0.5, 0.6) is 0 Å². The molecule has 0 radical (unpaired) electrons. The molecule has 3 aromatic heterocycles. The number of β-amino-alcohol motifs (C(OH)–C–C–N with tert-alkyl or cyclic N) is 1. The van der Waals surface area contributed by atoms with Crippen molar-refractivity contribution in [1.82, 2.24) is 24.2 Å². The summed E-state index contributed by atoms with van der Waals surface area (Å²) in [5.74, 6) is -0.102. The standard InChI is InChI=1S/C30H32F2N8O2S/c1-3-24-29(39(4-2)30-35-27(25(14-33)43-30)19-5-7-20(31)8-6-19)40-15-21(13-23(32)28(40)34-24)37-11-9-36(10-12-37)18-26(42)38-16-22(41)17-38/h5-8,13,15,22,41H,3-4,9-12,16-18H2,1-2H3. The van der Waals surface area contributed by atoms with Crippen molar-refractivity contribution in [3.05, 3.63) is 58.7 Å². The van der Waals surface area contributed by atoms with Gasteiger partial charge in [0.1, 0.15) is 28.3 Å². The van der Waals surface area contributed by atoms with Crippen LogP contribution in [0, 0.1) is 23.0 Å². The summed E-state index contributed by atoms with van der Waals surface area (Å²) in [6, 6.07) is 9.61. The number of aliphatic hydroxyl groups excluding tert-OH is 1. The molecule has 0 atom stereocenters. The Bertz CT molecular complexity index is 1680. The van der Waals surface area contributed by atoms with Crippen molar-refractivity contribution in [3.8, 4) is 17.3 Å². The molecule has 13 heteroatoms. The third-order valence-electron chi connectivity index (χ3n) is 7.99. The number of benzene rings is 1. The smallest absolute Gasteiger partial charge is 0.236 e. The van der Waals surface area contributed by atoms with E-state index >= 15 is 4.39 Å². The Hall–Kier alpha value is -4.12. The van der Waals surface area contributed by atoms with Crippen molar-refractivity contribution in [1.29, 1.82) is 5.26 Å². The van der Waals surface area contributed by atoms with E-state index in [1.807, 2.05) is 24.9 Å². The molecule has 1 aromatic carbocycles. The van der Waals surface area contributed by atoms with Crippen molar-refractivity contribution in [2.75, 3.05) is 62.2 Å². The number of carbonyl (C=O) groups excluding carboxylic acids is 1. The van der Waals surface area contributed by atoms with Crippen LogP contribution in [0.25, 0.3) is 16.9 Å². The summed E-state index contributed by atoms with van der Waals surface area (Å²) >= 11 is 1.23. The maximum Gasteiger partial charge on any atom is 0.236 e. The fourth-order valence-corrected chi connectivity index (χ4v) is 6.57. The number of rotatable bonds is 8. The van der Waals surface area contributed by atoms with Crippen molar-refractivity contribution >= 4 is 39.5 Å². The number of hydrogen-bond acceptors (Lipinski definition) is 9. The summed E-state index contributed by atoms with van der Waals surface area (Å²) < 4.78 is 30.9. The molecule has 0 saturated carbocycles. The lowest BCUT2D eigenvalue weighted by atomic mass is 10.1. The van der Waals surface area contributed by atoms with Crippen LogP contribution >= 0.6 is 11.3 Å². The molecular formula is C30H32F2N8O2S. The summed E-state index contributed by atoms with van der Waals surface area (Å²) in [6.07, 6.45) is 2.03. The van der Waals surface area contributed by atoms with E-state index in [1.54, 1.807) is 21.4 Å². The molecule has 0 aliphatic carbocycles. The molecule has 43 heavy (non-hydrogen) atoms. The number of aromatic nitrogens is 3. The number of piperazine rings is 1. The number of nitrogens with zero attached hydrogens (tertiary/aromatic N) is 8. The van der Waals surface area contributed by atoms with Gasteiger partial charge >= 0.3 is 0 Å². The quantitative estimate of drug-likeness (QED) is 0.324. The second-order valence-electron chi connectivity index (χ2n) is 10.7. The first-order valence-electron chi connectivity index (χ1n) is 14.4. The first-order chi connectivity index (χ1) is 20.8. The van der Waals surface area contributed by atoms with Crippen molar-refractivity contribution in [2.45, 2.75) is 26.4 Å². The largest absolute Gasteiger partial charge is 0.389 e. The number of pyridine rings is 1. The van der Waals surface area contributed by atoms with Gasteiger partial charge in [0, 0.05) is 63.6 Å². The van der Waals surface area contributed by atoms with Gasteiger partial charge in [0.25, 0.3) is 0 Å². The third kappa shape index (κ3) is 5.53. The lowest BCUT2D eigenvalue weighted by molar-refractivity contribution is -0.142. The maximum atomic E-state index is 15.6. The summed E-state index contributed by atoms with van der Waals surface area (Å²) in [6.45, 7) is 8.09. The monoisotopic (exact) mass is 606 g/mol. The first-order valence-corrected chi connectivity index (χ1v) is 15.2. The molecule has 4 aromatic rings. The molecule has 2 aliphatic heterocycles. The summed E-state index contributed by atoms with van der Waals surface area (Å²) in [5, 5.41) is 19.9. The van der Waals surface area contributed by atoms with E-state index in [0.29, 0.717) is 97.2 Å². The fraction of sp³-hybridized carbons (Fsp3) is 0.400. The minimum Gasteiger partial charge on any atom is -0.389 e. The van der Waals surface area contributed by atoms with Gasteiger partial charge < -0.3 is 19.8 Å². The highest BCUT2D eigenvalue weighted by Crippen LogP contribution is 2.38. The summed E-state index contributed by atoms with van der Waals surface area (Å²) in [7, 11) is 0. The zero-order chi connectivity index (χ0) is 30.2. The average Bonchev–Trinajstić information content (AvgIpc) is 3.59. The Morgan fingerprint density at radius 2 is 1.86 bits per heavy atom. The third-order valence-corrected chi connectivity index (χ3v) is 8.97. The van der Waals surface area contributed by atoms with Crippen LogP contribution in [-0.4, -0.2) is 93.6 Å². The van der Waals surface area contributed by atoms with Crippen LogP contribution in [-0.2, 0) is 11.2 Å². The van der Waals surface area contributed by atoms with E-state index < -0.39 is 11.9 Å². The topological polar surface area (TPSA) is 104 Å². The number of nitriles is 1. The van der Waals surface area contributed by atoms with Crippen molar-refractivity contribution in [3.63, 3.8) is 0 Å². The Balaban J connectivity index is 1.29. The highest BCUT2D eigenvalue weighted by molar-refractivity contribution is 7.16. The van der Waals surface area contributed by atoms with Crippen LogP contribution in [0.3, 0.4) is 0 Å². The fourth-order valence-electron chi connectivity index (χ4n) is 5.62. The summed E-state index contributed by atoms with van der Waals surface area (Å²) in [5.41, 5.74) is 2.74. The van der Waals surface area contributed by atoms with Crippen LogP contribution in [0.1, 0.15) is 24.4 Å². The van der Waals surface area contributed by atoms with Crippen LogP contribution in [0.15, 0.2) is 36.5 Å². The predicted molar refractivity (Wildman–Crippen MR) is 161 cm³/mol. The molecule has 224 valence electrons. The van der Waals surface area contributed by atoms with Crippen LogP contribution in [0.4, 0.5) is 25.4 Å². The molecule has 1 amide bonds. The van der Waals surface area contributed by atoms with Gasteiger partial charge in [-0.15, -0.1) is 0 Å². The predicted octanol–water partition coefficient (Wildman–Crippen LogP) is 3.65. The Kier molecular flexibility index (Phi) is 8.00. The molecule has 5 heterocycles. The molecule has 0 spiro atoms. The Labute approximate surface area is 252 Å². The van der Waals surface area contributed by atoms with Gasteiger partial charge in [0.2, 0.25) is 5.91 Å². The molecule has 0 bridgehead atoms. The van der Waals surface area contributed by atoms with E-state index in [4.69, 9.17) is 4.98 Å². The number of fused-ring (bicyclic) bond motifs is 1. The zero-order valence-electron chi connectivity index (χ0n) is 24.0. The Morgan fingerprint density at radius 3 is 2.49 bits per heavy atom. The Morgan fingerprint density at radius 1 is 1.14 bits per heavy atom. The van der Waals surface area contributed by atoms with Gasteiger partial charge in [-0.1, -0.05) is 18.3 Å². The van der Waals surface area contributed by atoms with Gasteiger partial charge in [-0.05, 0) is 37.6 Å². The van der Waals surface area contributed by atoms with E-state index in [2.05, 4.69) is 20.9 Å². The summed E-state index contributed by atoms with van der Waals surface area (Å²) in [4.78, 5) is 30.1. The number of hydrogen-bond donors (Lipinski definition) is 1. The van der Waals surface area contributed by atoms with Crippen LogP contribution in [0.2, 0.25) is 0 Å². The molecule has 2 saturated heterocycles. The van der Waals surface area contributed by atoms with Crippen molar-refractivity contribution < 1.29 is 18.7 Å². The molecule has 2 aliphatic rings. The molecule has 6 rings (SSSR count). The zero-order valence-corrected chi connectivity index (χ0v) is 24.8. The minimum absolute atomic E-state index is 0.0188. The molecular weight excluding hydrogens is 574 g/mol. The number of anilines is 3. The lowest BCUT2D eigenvalue weighted by Gasteiger charge is -2.39. The van der Waals surface area contributed by atoms with E-state index in [0.717, 1.165) is 0 Å². The van der Waals surface area contributed by atoms with Gasteiger partial charge in [-0.3, -0.25) is 14.1 Å². The van der Waals surface area contributed by atoms with Crippen LogP contribution < -0.4 is 9.80 Å². The van der Waals surface area contributed by atoms with Gasteiger partial charge in [-0.2, -0.15) is 5.26 Å². The molecule has 2 fully saturated rings. The molecule has 1 N–H and O–H groups in total. The number of imidazole rings is 1.